The number of aryl methyl sites for hydroxylation is 1. The molecule has 0 aliphatic carbocycles. The van der Waals surface area contributed by atoms with E-state index in [0.29, 0.717) is 12.1 Å². The topological polar surface area (TPSA) is 81.2 Å². The van der Waals surface area contributed by atoms with Crippen LogP contribution in [0.2, 0.25) is 0 Å². The lowest BCUT2D eigenvalue weighted by molar-refractivity contribution is -0.390. The third kappa shape index (κ3) is 2.08. The lowest BCUT2D eigenvalue weighted by Gasteiger charge is -2.06. The van der Waals surface area contributed by atoms with E-state index in [2.05, 4.69) is 4.98 Å². The number of imidazole rings is 1. The zero-order valence-electron chi connectivity index (χ0n) is 8.17. The van der Waals surface area contributed by atoms with E-state index in [1.54, 1.807) is 11.6 Å². The first-order chi connectivity index (χ1) is 6.56. The summed E-state index contributed by atoms with van der Waals surface area (Å²) < 4.78 is 1.57. The zero-order chi connectivity index (χ0) is 10.7. The Morgan fingerprint density at radius 2 is 2.43 bits per heavy atom. The molecule has 0 aromatic carbocycles. The van der Waals surface area contributed by atoms with Crippen molar-refractivity contribution in [3.05, 3.63) is 22.1 Å². The van der Waals surface area contributed by atoms with Gasteiger partial charge in [-0.15, -0.1) is 0 Å². The number of aliphatic hydroxyl groups is 1. The normalized spacial score (nSPS) is 12.8. The molecular formula is C8H13N3O3. The summed E-state index contributed by atoms with van der Waals surface area (Å²) in [7, 11) is 1.68. The molecule has 1 rings (SSSR count). The highest BCUT2D eigenvalue weighted by atomic mass is 16.6. The molecule has 0 radical (unpaired) electrons. The van der Waals surface area contributed by atoms with Crippen LogP contribution in [0.15, 0.2) is 6.33 Å². The third-order valence-corrected chi connectivity index (χ3v) is 2.11. The molecule has 0 saturated heterocycles. The maximum Gasteiger partial charge on any atom is 0.384 e. The number of nitrogens with zero attached hydrogens (tertiary/aromatic N) is 3. The van der Waals surface area contributed by atoms with Crippen LogP contribution >= 0.6 is 0 Å². The van der Waals surface area contributed by atoms with E-state index in [1.165, 1.54) is 6.33 Å². The van der Waals surface area contributed by atoms with Crippen LogP contribution in [0.5, 0.6) is 0 Å². The Balaban J connectivity index is 2.93. The first kappa shape index (κ1) is 10.6. The summed E-state index contributed by atoms with van der Waals surface area (Å²) in [6, 6.07) is 0. The van der Waals surface area contributed by atoms with Gasteiger partial charge in [0.2, 0.25) is 6.33 Å². The fourth-order valence-corrected chi connectivity index (χ4v) is 1.20. The van der Waals surface area contributed by atoms with Crippen molar-refractivity contribution in [2.45, 2.75) is 25.9 Å². The Hall–Kier alpha value is -1.43. The molecule has 6 heteroatoms. The molecule has 1 unspecified atom stereocenters. The van der Waals surface area contributed by atoms with Gasteiger partial charge in [0.1, 0.15) is 5.69 Å². The van der Waals surface area contributed by atoms with Crippen LogP contribution in [-0.2, 0) is 13.5 Å². The molecule has 6 nitrogen and oxygen atoms in total. The minimum Gasteiger partial charge on any atom is -0.393 e. The quantitative estimate of drug-likeness (QED) is 0.570. The molecule has 0 aliphatic rings. The Kier molecular flexibility index (Phi) is 3.19. The van der Waals surface area contributed by atoms with Gasteiger partial charge in [0.05, 0.1) is 6.10 Å². The van der Waals surface area contributed by atoms with Gasteiger partial charge in [-0.3, -0.25) is 0 Å². The molecule has 14 heavy (non-hydrogen) atoms. The minimum absolute atomic E-state index is 0.167. The van der Waals surface area contributed by atoms with E-state index in [4.69, 9.17) is 0 Å². The van der Waals surface area contributed by atoms with Crippen molar-refractivity contribution in [3.63, 3.8) is 0 Å². The van der Waals surface area contributed by atoms with Crippen molar-refractivity contribution < 1.29 is 10.0 Å². The van der Waals surface area contributed by atoms with Gasteiger partial charge in [-0.2, -0.15) is 0 Å². The SMILES string of the molecule is CCC(O)Cc1c([N+](=O)[O-])ncn1C. The molecule has 0 spiro atoms. The van der Waals surface area contributed by atoms with E-state index in [1.807, 2.05) is 6.92 Å². The number of aliphatic hydroxyl groups excluding tert-OH is 1. The molecule has 0 fully saturated rings. The Morgan fingerprint density at radius 3 is 2.93 bits per heavy atom. The lowest BCUT2D eigenvalue weighted by Crippen LogP contribution is -2.12. The van der Waals surface area contributed by atoms with Crippen molar-refractivity contribution in [1.29, 1.82) is 0 Å². The molecule has 0 saturated carbocycles. The average molecular weight is 199 g/mol. The van der Waals surface area contributed by atoms with Crippen molar-refractivity contribution in [2.24, 2.45) is 7.05 Å². The van der Waals surface area contributed by atoms with Gasteiger partial charge in [0.25, 0.3) is 0 Å². The van der Waals surface area contributed by atoms with Crippen LogP contribution in [0.1, 0.15) is 19.0 Å². The van der Waals surface area contributed by atoms with Crippen LogP contribution in [0.4, 0.5) is 5.82 Å². The zero-order valence-corrected chi connectivity index (χ0v) is 8.17. The second-order valence-corrected chi connectivity index (χ2v) is 3.15. The van der Waals surface area contributed by atoms with Gasteiger partial charge < -0.3 is 19.8 Å². The largest absolute Gasteiger partial charge is 0.393 e. The third-order valence-electron chi connectivity index (χ3n) is 2.11. The van der Waals surface area contributed by atoms with Crippen LogP contribution < -0.4 is 0 Å². The molecule has 78 valence electrons. The first-order valence-corrected chi connectivity index (χ1v) is 4.38. The fourth-order valence-electron chi connectivity index (χ4n) is 1.20. The second kappa shape index (κ2) is 4.19. The molecule has 1 N–H and O–H groups in total. The van der Waals surface area contributed by atoms with E-state index < -0.39 is 11.0 Å². The fraction of sp³-hybridized carbons (Fsp3) is 0.625. The monoisotopic (exact) mass is 199 g/mol. The van der Waals surface area contributed by atoms with Gasteiger partial charge in [-0.05, 0) is 16.3 Å². The molecular weight excluding hydrogens is 186 g/mol. The maximum atomic E-state index is 10.6. The Morgan fingerprint density at radius 1 is 1.79 bits per heavy atom. The predicted octanol–water partition coefficient (Wildman–Crippen LogP) is 0.642. The number of hydrogen-bond acceptors (Lipinski definition) is 4. The highest BCUT2D eigenvalue weighted by Crippen LogP contribution is 2.17. The second-order valence-electron chi connectivity index (χ2n) is 3.15. The predicted molar refractivity (Wildman–Crippen MR) is 49.9 cm³/mol. The van der Waals surface area contributed by atoms with Crippen LogP contribution in [0, 0.1) is 10.1 Å². The van der Waals surface area contributed by atoms with Gasteiger partial charge >= 0.3 is 5.82 Å². The summed E-state index contributed by atoms with van der Waals surface area (Å²) in [5.41, 5.74) is 0.462. The van der Waals surface area contributed by atoms with E-state index >= 15 is 0 Å². The summed E-state index contributed by atoms with van der Waals surface area (Å²) in [5, 5.41) is 19.9. The summed E-state index contributed by atoms with van der Waals surface area (Å²) in [6.07, 6.45) is 1.67. The molecule has 1 heterocycles. The van der Waals surface area contributed by atoms with Gasteiger partial charge in [0, 0.05) is 13.5 Å². The van der Waals surface area contributed by atoms with Gasteiger partial charge in [-0.25, -0.2) is 0 Å². The number of rotatable bonds is 4. The van der Waals surface area contributed by atoms with E-state index in [9.17, 15) is 15.2 Å². The summed E-state index contributed by atoms with van der Waals surface area (Å²) in [5.74, 6) is -0.167. The van der Waals surface area contributed by atoms with Crippen LogP contribution in [0.25, 0.3) is 0 Å². The van der Waals surface area contributed by atoms with Crippen molar-refractivity contribution in [1.82, 2.24) is 9.55 Å². The highest BCUT2D eigenvalue weighted by molar-refractivity contribution is 5.27. The molecule has 0 amide bonds. The average Bonchev–Trinajstić information content (AvgIpc) is 2.48. The van der Waals surface area contributed by atoms with Crippen molar-refractivity contribution in [3.8, 4) is 0 Å². The van der Waals surface area contributed by atoms with Crippen molar-refractivity contribution >= 4 is 5.82 Å². The minimum atomic E-state index is -0.552. The van der Waals surface area contributed by atoms with Crippen molar-refractivity contribution in [2.75, 3.05) is 0 Å². The molecule has 1 aromatic rings. The standard InChI is InChI=1S/C8H13N3O3/c1-3-6(12)4-7-8(11(13)14)9-5-10(7)2/h5-6,12H,3-4H2,1-2H3. The Bertz CT molecular complexity index is 335. The number of nitro groups is 1. The summed E-state index contributed by atoms with van der Waals surface area (Å²) in [6.45, 7) is 1.83. The van der Waals surface area contributed by atoms with E-state index in [0.717, 1.165) is 0 Å². The lowest BCUT2D eigenvalue weighted by atomic mass is 10.1. The molecule has 0 aliphatic heterocycles. The van der Waals surface area contributed by atoms with E-state index in [-0.39, 0.29) is 12.2 Å². The summed E-state index contributed by atoms with van der Waals surface area (Å²) in [4.78, 5) is 13.7. The number of aromatic nitrogens is 2. The molecule has 0 bridgehead atoms. The Labute approximate surface area is 81.3 Å². The maximum absolute atomic E-state index is 10.6. The highest BCUT2D eigenvalue weighted by Gasteiger charge is 2.21. The van der Waals surface area contributed by atoms with Crippen LogP contribution in [0.3, 0.4) is 0 Å². The van der Waals surface area contributed by atoms with Crippen LogP contribution in [-0.4, -0.2) is 25.7 Å². The molecule has 1 aromatic heterocycles. The van der Waals surface area contributed by atoms with Gasteiger partial charge in [0.15, 0.2) is 0 Å². The van der Waals surface area contributed by atoms with Gasteiger partial charge in [-0.1, -0.05) is 6.92 Å². The molecule has 1 atom stereocenters. The smallest absolute Gasteiger partial charge is 0.384 e. The summed E-state index contributed by atoms with van der Waals surface area (Å²) >= 11 is 0. The first-order valence-electron chi connectivity index (χ1n) is 4.38. The number of hydrogen-bond donors (Lipinski definition) is 1.